The Hall–Kier alpha value is 0.242. The third kappa shape index (κ3) is 2.09. The van der Waals surface area contributed by atoms with Crippen LogP contribution < -0.4 is 5.73 Å². The van der Waals surface area contributed by atoms with E-state index in [1.165, 1.54) is 0 Å². The summed E-state index contributed by atoms with van der Waals surface area (Å²) in [5.41, 5.74) is 6.08. The molecule has 0 saturated heterocycles. The summed E-state index contributed by atoms with van der Waals surface area (Å²) in [5.74, 6) is 0. The number of nitrogens with two attached hydrogens (primary N) is 1. The molecule has 0 bridgehead atoms. The molecule has 0 fully saturated rings. The summed E-state index contributed by atoms with van der Waals surface area (Å²) in [5, 5.41) is -0.106. The van der Waals surface area contributed by atoms with Crippen LogP contribution in [0.1, 0.15) is 27.7 Å². The topological polar surface area (TPSA) is 26.0 Å². The Labute approximate surface area is 73.2 Å². The fourth-order valence-electron chi connectivity index (χ4n) is 0.830. The maximum absolute atomic E-state index is 6.08. The van der Waals surface area contributed by atoms with Crippen molar-refractivity contribution in [1.29, 1.82) is 0 Å². The Balaban J connectivity index is 4.75. The van der Waals surface area contributed by atoms with Crippen LogP contribution in [0.2, 0.25) is 18.0 Å². The van der Waals surface area contributed by atoms with Crippen LogP contribution in [-0.2, 0) is 0 Å². The second kappa shape index (κ2) is 2.63. The van der Waals surface area contributed by atoms with Gasteiger partial charge in [-0.25, -0.2) is 0 Å². The molecule has 2 N–H and O–H groups in total. The third-order valence-corrected chi connectivity index (χ3v) is 9.67. The standard InChI is InChI=1S/C8H20BNSi/c1-7(2,9)11(5,6)8(3,4)10/h10H2,1-6H3. The first-order valence-electron chi connectivity index (χ1n) is 4.08. The van der Waals surface area contributed by atoms with Crippen molar-refractivity contribution < 1.29 is 0 Å². The summed E-state index contributed by atoms with van der Waals surface area (Å²) in [6.45, 7) is 12.8. The van der Waals surface area contributed by atoms with Crippen molar-refractivity contribution in [1.82, 2.24) is 0 Å². The third-order valence-electron chi connectivity index (χ3n) is 3.22. The van der Waals surface area contributed by atoms with Crippen molar-refractivity contribution in [3.8, 4) is 0 Å². The van der Waals surface area contributed by atoms with E-state index in [4.69, 9.17) is 13.6 Å². The van der Waals surface area contributed by atoms with E-state index in [9.17, 15) is 0 Å². The molecule has 2 radical (unpaired) electrons. The van der Waals surface area contributed by atoms with E-state index >= 15 is 0 Å². The van der Waals surface area contributed by atoms with Gasteiger partial charge in [0.25, 0.3) is 0 Å². The van der Waals surface area contributed by atoms with Gasteiger partial charge < -0.3 is 5.73 Å². The maximum atomic E-state index is 6.08. The predicted octanol–water partition coefficient (Wildman–Crippen LogP) is 1.88. The smallest absolute Gasteiger partial charge is 0.0698 e. The molecular weight excluding hydrogens is 149 g/mol. The van der Waals surface area contributed by atoms with Crippen LogP contribution >= 0.6 is 0 Å². The van der Waals surface area contributed by atoms with Gasteiger partial charge in [0.2, 0.25) is 0 Å². The molecule has 0 aromatic carbocycles. The molecular formula is C8H20BNSi. The van der Waals surface area contributed by atoms with E-state index in [1.54, 1.807) is 0 Å². The van der Waals surface area contributed by atoms with Crippen molar-refractivity contribution in [3.05, 3.63) is 0 Å². The largest absolute Gasteiger partial charge is 0.328 e. The van der Waals surface area contributed by atoms with Gasteiger partial charge in [0.15, 0.2) is 0 Å². The van der Waals surface area contributed by atoms with Crippen LogP contribution in [0.3, 0.4) is 0 Å². The Morgan fingerprint density at radius 3 is 1.36 bits per heavy atom. The minimum Gasteiger partial charge on any atom is -0.328 e. The summed E-state index contributed by atoms with van der Waals surface area (Å²) in [6.07, 6.45) is 0. The quantitative estimate of drug-likeness (QED) is 0.627. The van der Waals surface area contributed by atoms with Gasteiger partial charge in [0, 0.05) is 5.16 Å². The molecule has 0 aliphatic rings. The van der Waals surface area contributed by atoms with Crippen LogP contribution in [-0.4, -0.2) is 21.1 Å². The Morgan fingerprint density at radius 2 is 1.36 bits per heavy atom. The van der Waals surface area contributed by atoms with Crippen LogP contribution in [0.4, 0.5) is 0 Å². The SMILES string of the molecule is [B]C(C)(C)[Si](C)(C)C(C)(C)N. The molecule has 1 nitrogen and oxygen atoms in total. The molecule has 11 heavy (non-hydrogen) atoms. The van der Waals surface area contributed by atoms with E-state index in [1.807, 2.05) is 0 Å². The normalized spacial score (nSPS) is 15.2. The molecule has 0 amide bonds. The molecule has 0 heterocycles. The molecule has 0 rings (SSSR count). The second-order valence-electron chi connectivity index (χ2n) is 5.07. The lowest BCUT2D eigenvalue weighted by Crippen LogP contribution is -2.62. The van der Waals surface area contributed by atoms with Crippen LogP contribution in [0, 0.1) is 0 Å². The molecule has 64 valence electrons. The van der Waals surface area contributed by atoms with Crippen LogP contribution in [0.15, 0.2) is 0 Å². The maximum Gasteiger partial charge on any atom is 0.0698 e. The first-order chi connectivity index (χ1) is 4.50. The summed E-state index contributed by atoms with van der Waals surface area (Å²) in [6, 6.07) is 0. The first-order valence-corrected chi connectivity index (χ1v) is 7.08. The van der Waals surface area contributed by atoms with Gasteiger partial charge in [-0.15, -0.1) is 0 Å². The van der Waals surface area contributed by atoms with Crippen LogP contribution in [0.5, 0.6) is 0 Å². The van der Waals surface area contributed by atoms with Gasteiger partial charge in [0.1, 0.15) is 0 Å². The summed E-state index contributed by atoms with van der Waals surface area (Å²) in [7, 11) is 4.53. The second-order valence-corrected chi connectivity index (χ2v) is 10.9. The van der Waals surface area contributed by atoms with Gasteiger partial charge in [0.05, 0.1) is 15.9 Å². The monoisotopic (exact) mass is 169 g/mol. The molecule has 0 saturated carbocycles. The molecule has 0 spiro atoms. The number of hydrogen-bond acceptors (Lipinski definition) is 1. The van der Waals surface area contributed by atoms with Crippen molar-refractivity contribution in [2.75, 3.05) is 0 Å². The average molecular weight is 169 g/mol. The first kappa shape index (κ1) is 11.2. The highest BCUT2D eigenvalue weighted by Gasteiger charge is 2.44. The van der Waals surface area contributed by atoms with Gasteiger partial charge in [-0.2, -0.15) is 0 Å². The molecule has 0 aromatic heterocycles. The highest BCUT2D eigenvalue weighted by molar-refractivity contribution is 6.88. The van der Waals surface area contributed by atoms with E-state index in [0.29, 0.717) is 0 Å². The zero-order valence-corrected chi connectivity index (χ0v) is 9.65. The lowest BCUT2D eigenvalue weighted by Gasteiger charge is -2.47. The van der Waals surface area contributed by atoms with E-state index in [2.05, 4.69) is 40.8 Å². The molecule has 0 aliphatic heterocycles. The van der Waals surface area contributed by atoms with Crippen molar-refractivity contribution in [3.63, 3.8) is 0 Å². The van der Waals surface area contributed by atoms with E-state index < -0.39 is 8.07 Å². The average Bonchev–Trinajstić information content (AvgIpc) is 1.58. The molecule has 0 atom stereocenters. The number of rotatable bonds is 2. The minimum atomic E-state index is -1.55. The fourth-order valence-corrected chi connectivity index (χ4v) is 2.49. The molecule has 0 aliphatic carbocycles. The van der Waals surface area contributed by atoms with Gasteiger partial charge in [-0.1, -0.05) is 45.7 Å². The van der Waals surface area contributed by atoms with E-state index in [-0.39, 0.29) is 10.1 Å². The summed E-state index contributed by atoms with van der Waals surface area (Å²) >= 11 is 0. The fraction of sp³-hybridized carbons (Fsp3) is 1.00. The zero-order chi connectivity index (χ0) is 9.50. The Morgan fingerprint density at radius 1 is 1.09 bits per heavy atom. The molecule has 3 heteroatoms. The van der Waals surface area contributed by atoms with Crippen molar-refractivity contribution in [2.45, 2.75) is 50.9 Å². The molecule has 0 unspecified atom stereocenters. The Kier molecular flexibility index (Phi) is 2.69. The lowest BCUT2D eigenvalue weighted by molar-refractivity contribution is 0.662. The lowest BCUT2D eigenvalue weighted by atomic mass is 9.90. The highest BCUT2D eigenvalue weighted by Crippen LogP contribution is 2.38. The molecule has 0 aromatic rings. The summed E-state index contributed by atoms with van der Waals surface area (Å²) < 4.78 is 0. The van der Waals surface area contributed by atoms with Gasteiger partial charge >= 0.3 is 0 Å². The predicted molar refractivity (Wildman–Crippen MR) is 55.5 cm³/mol. The van der Waals surface area contributed by atoms with Crippen molar-refractivity contribution >= 4 is 15.9 Å². The highest BCUT2D eigenvalue weighted by atomic mass is 28.3. The van der Waals surface area contributed by atoms with Gasteiger partial charge in [-0.05, 0) is 0 Å². The summed E-state index contributed by atoms with van der Waals surface area (Å²) in [4.78, 5) is -0.106. The van der Waals surface area contributed by atoms with E-state index in [0.717, 1.165) is 0 Å². The minimum absolute atomic E-state index is 0.106. The zero-order valence-electron chi connectivity index (χ0n) is 8.65. The van der Waals surface area contributed by atoms with Crippen molar-refractivity contribution in [2.24, 2.45) is 5.73 Å². The Bertz CT molecular complexity index is 125. The van der Waals surface area contributed by atoms with Gasteiger partial charge in [-0.3, -0.25) is 0 Å². The van der Waals surface area contributed by atoms with Crippen LogP contribution in [0.25, 0.3) is 0 Å². The number of hydrogen-bond donors (Lipinski definition) is 1.